The number of thiophene rings is 1. The van der Waals surface area contributed by atoms with Gasteiger partial charge in [-0.1, -0.05) is 19.9 Å². The van der Waals surface area contributed by atoms with Crippen molar-refractivity contribution in [2.75, 3.05) is 11.5 Å². The third kappa shape index (κ3) is 5.46. The van der Waals surface area contributed by atoms with Crippen LogP contribution in [0, 0.1) is 5.92 Å². The van der Waals surface area contributed by atoms with Gasteiger partial charge < -0.3 is 0 Å². The van der Waals surface area contributed by atoms with Crippen LogP contribution in [0.3, 0.4) is 0 Å². The normalized spacial score (nSPS) is 11.9. The minimum Gasteiger partial charge on any atom is -0.293 e. The summed E-state index contributed by atoms with van der Waals surface area (Å²) in [6, 6.07) is 3.60. The van der Waals surface area contributed by atoms with Gasteiger partial charge in [0.25, 0.3) is 0 Å². The van der Waals surface area contributed by atoms with Crippen molar-refractivity contribution in [1.82, 2.24) is 0 Å². The molecule has 0 aromatic carbocycles. The van der Waals surface area contributed by atoms with E-state index in [1.165, 1.54) is 11.3 Å². The highest BCUT2D eigenvalue weighted by molar-refractivity contribution is 7.91. The molecule has 17 heavy (non-hydrogen) atoms. The van der Waals surface area contributed by atoms with Gasteiger partial charge in [0.1, 0.15) is 0 Å². The molecule has 0 amide bonds. The van der Waals surface area contributed by atoms with Gasteiger partial charge >= 0.3 is 0 Å². The van der Waals surface area contributed by atoms with E-state index >= 15 is 0 Å². The van der Waals surface area contributed by atoms with Gasteiger partial charge in [-0.15, -0.1) is 11.3 Å². The molecule has 0 aliphatic rings. The summed E-state index contributed by atoms with van der Waals surface area (Å²) in [5.41, 5.74) is 0. The summed E-state index contributed by atoms with van der Waals surface area (Å²) in [5.74, 6) is 0.510. The predicted octanol–water partition coefficient (Wildman–Crippen LogP) is 2.78. The van der Waals surface area contributed by atoms with Gasteiger partial charge in [-0.3, -0.25) is 4.79 Å². The Hall–Kier alpha value is -0.680. The zero-order valence-corrected chi connectivity index (χ0v) is 11.8. The van der Waals surface area contributed by atoms with Crippen LogP contribution in [-0.4, -0.2) is 25.7 Å². The van der Waals surface area contributed by atoms with Crippen LogP contribution in [0.2, 0.25) is 0 Å². The van der Waals surface area contributed by atoms with E-state index in [1.807, 2.05) is 25.3 Å². The van der Waals surface area contributed by atoms with Crippen LogP contribution in [0.5, 0.6) is 0 Å². The summed E-state index contributed by atoms with van der Waals surface area (Å²) < 4.78 is 23.2. The molecule has 0 aliphatic heterocycles. The van der Waals surface area contributed by atoms with Crippen molar-refractivity contribution < 1.29 is 13.2 Å². The smallest absolute Gasteiger partial charge is 0.172 e. The molecule has 0 N–H and O–H groups in total. The van der Waals surface area contributed by atoms with Crippen LogP contribution in [0.1, 0.15) is 36.4 Å². The van der Waals surface area contributed by atoms with Crippen LogP contribution in [0.15, 0.2) is 17.5 Å². The third-order valence-corrected chi connectivity index (χ3v) is 5.24. The lowest BCUT2D eigenvalue weighted by Gasteiger charge is -2.06. The van der Waals surface area contributed by atoms with Crippen molar-refractivity contribution >= 4 is 27.0 Å². The van der Waals surface area contributed by atoms with Crippen molar-refractivity contribution in [2.45, 2.75) is 26.7 Å². The summed E-state index contributed by atoms with van der Waals surface area (Å²) in [6.07, 6.45) is 0.740. The number of rotatable bonds is 7. The van der Waals surface area contributed by atoms with E-state index in [1.54, 1.807) is 6.07 Å². The molecule has 1 aromatic rings. The van der Waals surface area contributed by atoms with Crippen LogP contribution in [0.4, 0.5) is 0 Å². The Kier molecular flexibility index (Phi) is 5.33. The third-order valence-electron chi connectivity index (χ3n) is 2.24. The largest absolute Gasteiger partial charge is 0.293 e. The topological polar surface area (TPSA) is 51.2 Å². The van der Waals surface area contributed by atoms with Crippen LogP contribution >= 0.6 is 11.3 Å². The molecule has 0 saturated heterocycles. The molecule has 0 saturated carbocycles. The van der Waals surface area contributed by atoms with Gasteiger partial charge in [-0.2, -0.15) is 0 Å². The number of carbonyl (C=O) groups is 1. The average Bonchev–Trinajstić information content (AvgIpc) is 2.67. The SMILES string of the molecule is CC(C)CS(=O)(=O)CCCC(=O)c1cccs1. The Morgan fingerprint density at radius 2 is 2.12 bits per heavy atom. The molecular weight excluding hydrogens is 256 g/mol. The standard InChI is InChI=1S/C12H18O3S2/c1-10(2)9-17(14,15)8-4-5-11(13)12-6-3-7-16-12/h3,6-7,10H,4-5,8-9H2,1-2H3. The summed E-state index contributed by atoms with van der Waals surface area (Å²) in [7, 11) is -2.99. The van der Waals surface area contributed by atoms with Crippen molar-refractivity contribution in [3.05, 3.63) is 22.4 Å². The van der Waals surface area contributed by atoms with Crippen molar-refractivity contribution in [2.24, 2.45) is 5.92 Å². The van der Waals surface area contributed by atoms with E-state index in [0.29, 0.717) is 17.7 Å². The second kappa shape index (κ2) is 6.31. The Labute approximate surface area is 107 Å². The van der Waals surface area contributed by atoms with Gasteiger partial charge in [0.05, 0.1) is 16.4 Å². The number of hydrogen-bond acceptors (Lipinski definition) is 4. The molecule has 0 spiro atoms. The molecule has 0 radical (unpaired) electrons. The molecule has 96 valence electrons. The van der Waals surface area contributed by atoms with E-state index in [0.717, 1.165) is 0 Å². The quantitative estimate of drug-likeness (QED) is 0.718. The van der Waals surface area contributed by atoms with Gasteiger partial charge in [0.15, 0.2) is 15.6 Å². The average molecular weight is 274 g/mol. The van der Waals surface area contributed by atoms with Crippen molar-refractivity contribution in [3.63, 3.8) is 0 Å². The molecule has 5 heteroatoms. The lowest BCUT2D eigenvalue weighted by atomic mass is 10.2. The molecule has 1 aromatic heterocycles. The van der Waals surface area contributed by atoms with E-state index in [2.05, 4.69) is 0 Å². The monoisotopic (exact) mass is 274 g/mol. The number of hydrogen-bond donors (Lipinski definition) is 0. The van der Waals surface area contributed by atoms with Crippen molar-refractivity contribution in [3.8, 4) is 0 Å². The number of ketones is 1. The molecule has 1 heterocycles. The maximum absolute atomic E-state index is 11.6. The summed E-state index contributed by atoms with van der Waals surface area (Å²) in [4.78, 5) is 12.3. The molecule has 1 rings (SSSR count). The second-order valence-electron chi connectivity index (χ2n) is 4.51. The number of carbonyl (C=O) groups excluding carboxylic acids is 1. The second-order valence-corrected chi connectivity index (χ2v) is 7.69. The highest BCUT2D eigenvalue weighted by Gasteiger charge is 2.14. The minimum atomic E-state index is -2.99. The molecule has 0 bridgehead atoms. The van der Waals surface area contributed by atoms with Gasteiger partial charge in [-0.05, 0) is 23.8 Å². The van der Waals surface area contributed by atoms with E-state index in [-0.39, 0.29) is 23.2 Å². The van der Waals surface area contributed by atoms with Gasteiger partial charge in [0, 0.05) is 6.42 Å². The fraction of sp³-hybridized carbons (Fsp3) is 0.583. The Balaban J connectivity index is 2.36. The lowest BCUT2D eigenvalue weighted by molar-refractivity contribution is 0.0986. The number of Topliss-reactive ketones (excluding diaryl/α,β-unsaturated/α-hetero) is 1. The molecule has 3 nitrogen and oxygen atoms in total. The first-order valence-electron chi connectivity index (χ1n) is 5.68. The predicted molar refractivity (Wildman–Crippen MR) is 71.4 cm³/mol. The Morgan fingerprint density at radius 3 is 2.65 bits per heavy atom. The highest BCUT2D eigenvalue weighted by atomic mass is 32.2. The lowest BCUT2D eigenvalue weighted by Crippen LogP contribution is -2.16. The van der Waals surface area contributed by atoms with Gasteiger partial charge in [-0.25, -0.2) is 8.42 Å². The van der Waals surface area contributed by atoms with Crippen LogP contribution in [0.25, 0.3) is 0 Å². The van der Waals surface area contributed by atoms with E-state index in [9.17, 15) is 13.2 Å². The maximum atomic E-state index is 11.6. The summed E-state index contributed by atoms with van der Waals surface area (Å²) >= 11 is 1.40. The summed E-state index contributed by atoms with van der Waals surface area (Å²) in [6.45, 7) is 3.77. The first-order chi connectivity index (χ1) is 7.91. The first-order valence-corrected chi connectivity index (χ1v) is 8.38. The van der Waals surface area contributed by atoms with Gasteiger partial charge in [0.2, 0.25) is 0 Å². The molecule has 0 aliphatic carbocycles. The zero-order chi connectivity index (χ0) is 12.9. The first kappa shape index (κ1) is 14.4. The van der Waals surface area contributed by atoms with E-state index in [4.69, 9.17) is 0 Å². The molecule has 0 fully saturated rings. The fourth-order valence-electron chi connectivity index (χ4n) is 1.60. The maximum Gasteiger partial charge on any atom is 0.172 e. The van der Waals surface area contributed by atoms with Crippen LogP contribution in [-0.2, 0) is 9.84 Å². The number of sulfone groups is 1. The highest BCUT2D eigenvalue weighted by Crippen LogP contribution is 2.13. The van der Waals surface area contributed by atoms with Crippen LogP contribution < -0.4 is 0 Å². The zero-order valence-electron chi connectivity index (χ0n) is 10.2. The molecule has 0 unspecified atom stereocenters. The molecule has 0 atom stereocenters. The summed E-state index contributed by atoms with van der Waals surface area (Å²) in [5, 5.41) is 1.85. The molecular formula is C12H18O3S2. The van der Waals surface area contributed by atoms with Crippen molar-refractivity contribution in [1.29, 1.82) is 0 Å². The minimum absolute atomic E-state index is 0.0414. The Bertz CT molecular complexity index is 444. The van der Waals surface area contributed by atoms with E-state index < -0.39 is 9.84 Å². The fourth-order valence-corrected chi connectivity index (χ4v) is 4.07. The Morgan fingerprint density at radius 1 is 1.41 bits per heavy atom.